The molecular weight excluding hydrogens is 296 g/mol. The molecule has 2 fully saturated rings. The van der Waals surface area contributed by atoms with Crippen LogP contribution in [-0.2, 0) is 4.74 Å². The molecule has 0 bridgehead atoms. The third-order valence-electron chi connectivity index (χ3n) is 8.24. The minimum Gasteiger partial charge on any atom is -0.501 e. The molecule has 0 amide bonds. The largest absolute Gasteiger partial charge is 0.501 e. The van der Waals surface area contributed by atoms with Crippen LogP contribution in [0.25, 0.3) is 0 Å². The minimum atomic E-state index is -0.441. The van der Waals surface area contributed by atoms with Crippen molar-refractivity contribution in [2.45, 2.75) is 83.7 Å². The van der Waals surface area contributed by atoms with Crippen LogP contribution in [0.3, 0.4) is 0 Å². The lowest BCUT2D eigenvalue weighted by Crippen LogP contribution is -2.51. The van der Waals surface area contributed by atoms with Crippen molar-refractivity contribution in [3.05, 3.63) is 23.0 Å². The number of aliphatic hydroxyl groups is 1. The Hall–Kier alpha value is -0.760. The highest BCUT2D eigenvalue weighted by Gasteiger charge is 2.61. The third kappa shape index (κ3) is 2.25. The Bertz CT molecular complexity index is 571. The van der Waals surface area contributed by atoms with Crippen molar-refractivity contribution >= 4 is 0 Å². The van der Waals surface area contributed by atoms with Crippen molar-refractivity contribution < 1.29 is 9.84 Å². The lowest BCUT2D eigenvalue weighted by Gasteiger charge is -2.55. The zero-order chi connectivity index (χ0) is 16.9. The summed E-state index contributed by atoms with van der Waals surface area (Å²) in [4.78, 5) is 0. The molecule has 4 aliphatic rings. The molecule has 0 unspecified atom stereocenters. The Balaban J connectivity index is 1.63. The van der Waals surface area contributed by atoms with E-state index >= 15 is 0 Å². The van der Waals surface area contributed by atoms with Gasteiger partial charge in [0.15, 0.2) is 0 Å². The maximum absolute atomic E-state index is 11.2. The Morgan fingerprint density at radius 3 is 2.83 bits per heavy atom. The van der Waals surface area contributed by atoms with Gasteiger partial charge in [-0.1, -0.05) is 24.5 Å². The molecule has 4 rings (SSSR count). The summed E-state index contributed by atoms with van der Waals surface area (Å²) in [5.74, 6) is 3.52. The van der Waals surface area contributed by atoms with Gasteiger partial charge < -0.3 is 9.84 Å². The summed E-state index contributed by atoms with van der Waals surface area (Å²) in [6, 6.07) is 0. The normalized spacial score (nSPS) is 44.5. The van der Waals surface area contributed by atoms with Gasteiger partial charge in [-0.25, -0.2) is 0 Å². The van der Waals surface area contributed by atoms with E-state index in [1.54, 1.807) is 11.1 Å². The predicted molar refractivity (Wildman–Crippen MR) is 97.5 cm³/mol. The molecule has 0 spiro atoms. The SMILES string of the molecule is CCC[C@]12CC[C@@H]3C4=C(CC[C@H]3[C@@H]1CC[C@]2(C)O)CC(OC)=CC4. The molecule has 0 aliphatic heterocycles. The Morgan fingerprint density at radius 1 is 1.25 bits per heavy atom. The summed E-state index contributed by atoms with van der Waals surface area (Å²) < 4.78 is 5.51. The Kier molecular flexibility index (Phi) is 4.10. The molecule has 24 heavy (non-hydrogen) atoms. The summed E-state index contributed by atoms with van der Waals surface area (Å²) in [6.07, 6.45) is 14.3. The maximum atomic E-state index is 11.2. The van der Waals surface area contributed by atoms with Crippen molar-refractivity contribution in [3.63, 3.8) is 0 Å². The summed E-state index contributed by atoms with van der Waals surface area (Å²) in [5, 5.41) is 11.2. The van der Waals surface area contributed by atoms with E-state index in [1.807, 2.05) is 7.11 Å². The van der Waals surface area contributed by atoms with Crippen molar-refractivity contribution in [1.82, 2.24) is 0 Å². The van der Waals surface area contributed by atoms with Gasteiger partial charge in [0.2, 0.25) is 0 Å². The molecular formula is C22H34O2. The molecule has 5 atom stereocenters. The monoisotopic (exact) mass is 330 g/mol. The van der Waals surface area contributed by atoms with Crippen LogP contribution >= 0.6 is 0 Å². The van der Waals surface area contributed by atoms with Crippen LogP contribution in [0.1, 0.15) is 78.1 Å². The average molecular weight is 331 g/mol. The van der Waals surface area contributed by atoms with E-state index < -0.39 is 5.60 Å². The Labute approximate surface area is 147 Å². The van der Waals surface area contributed by atoms with E-state index in [1.165, 1.54) is 50.7 Å². The highest BCUT2D eigenvalue weighted by molar-refractivity contribution is 5.33. The van der Waals surface area contributed by atoms with Gasteiger partial charge in [0.25, 0.3) is 0 Å². The molecule has 2 nitrogen and oxygen atoms in total. The minimum absolute atomic E-state index is 0.198. The van der Waals surface area contributed by atoms with Gasteiger partial charge in [-0.15, -0.1) is 0 Å². The molecule has 0 aromatic heterocycles. The van der Waals surface area contributed by atoms with Gasteiger partial charge in [-0.3, -0.25) is 0 Å². The molecule has 4 aliphatic carbocycles. The topological polar surface area (TPSA) is 29.5 Å². The molecule has 0 radical (unpaired) electrons. The molecule has 2 saturated carbocycles. The smallest absolute Gasteiger partial charge is 0.0959 e. The number of hydrogen-bond acceptors (Lipinski definition) is 2. The molecule has 0 aromatic carbocycles. The van der Waals surface area contributed by atoms with Gasteiger partial charge >= 0.3 is 0 Å². The zero-order valence-corrected chi connectivity index (χ0v) is 15.7. The highest BCUT2D eigenvalue weighted by Crippen LogP contribution is 2.66. The lowest BCUT2D eigenvalue weighted by molar-refractivity contribution is -0.112. The number of fused-ring (bicyclic) bond motifs is 4. The van der Waals surface area contributed by atoms with Gasteiger partial charge in [-0.2, -0.15) is 0 Å². The van der Waals surface area contributed by atoms with E-state index in [0.717, 1.165) is 37.0 Å². The molecule has 0 aromatic rings. The second-order valence-corrected chi connectivity index (χ2v) is 9.06. The Morgan fingerprint density at radius 2 is 2.08 bits per heavy atom. The van der Waals surface area contributed by atoms with Crippen molar-refractivity contribution in [1.29, 1.82) is 0 Å². The number of ether oxygens (including phenoxy) is 1. The zero-order valence-electron chi connectivity index (χ0n) is 15.7. The van der Waals surface area contributed by atoms with Crippen LogP contribution in [0, 0.1) is 23.2 Å². The fourth-order valence-corrected chi connectivity index (χ4v) is 7.13. The predicted octanol–water partition coefficient (Wildman–Crippen LogP) is 5.37. The van der Waals surface area contributed by atoms with E-state index in [-0.39, 0.29) is 5.41 Å². The van der Waals surface area contributed by atoms with Crippen molar-refractivity contribution in [2.24, 2.45) is 23.2 Å². The third-order valence-corrected chi connectivity index (χ3v) is 8.24. The number of hydrogen-bond donors (Lipinski definition) is 1. The van der Waals surface area contributed by atoms with Gasteiger partial charge in [0.05, 0.1) is 18.5 Å². The first-order valence-corrected chi connectivity index (χ1v) is 10.2. The number of rotatable bonds is 3. The van der Waals surface area contributed by atoms with Crippen LogP contribution in [-0.4, -0.2) is 17.8 Å². The van der Waals surface area contributed by atoms with E-state index in [2.05, 4.69) is 19.9 Å². The molecule has 1 N–H and O–H groups in total. The first-order chi connectivity index (χ1) is 11.5. The second kappa shape index (κ2) is 5.90. The van der Waals surface area contributed by atoms with Crippen molar-refractivity contribution in [2.75, 3.05) is 7.11 Å². The fourth-order valence-electron chi connectivity index (χ4n) is 7.13. The quantitative estimate of drug-likeness (QED) is 0.704. The average Bonchev–Trinajstić information content (AvgIpc) is 2.85. The van der Waals surface area contributed by atoms with Gasteiger partial charge in [0, 0.05) is 11.8 Å². The van der Waals surface area contributed by atoms with Crippen molar-refractivity contribution in [3.8, 4) is 0 Å². The molecule has 134 valence electrons. The summed E-state index contributed by atoms with van der Waals surface area (Å²) in [7, 11) is 1.81. The van der Waals surface area contributed by atoms with Crippen LogP contribution in [0.2, 0.25) is 0 Å². The van der Waals surface area contributed by atoms with Crippen LogP contribution in [0.15, 0.2) is 23.0 Å². The lowest BCUT2D eigenvalue weighted by atomic mass is 9.51. The number of methoxy groups -OCH3 is 1. The molecule has 2 heteroatoms. The van der Waals surface area contributed by atoms with E-state index in [0.29, 0.717) is 0 Å². The fraction of sp³-hybridized carbons (Fsp3) is 0.818. The number of allylic oxidation sites excluding steroid dienone is 3. The first kappa shape index (κ1) is 16.7. The van der Waals surface area contributed by atoms with Crippen LogP contribution in [0.4, 0.5) is 0 Å². The maximum Gasteiger partial charge on any atom is 0.0959 e. The summed E-state index contributed by atoms with van der Waals surface area (Å²) in [6.45, 7) is 4.44. The van der Waals surface area contributed by atoms with Gasteiger partial charge in [0.1, 0.15) is 0 Å². The van der Waals surface area contributed by atoms with Gasteiger partial charge in [-0.05, 0) is 82.1 Å². The first-order valence-electron chi connectivity index (χ1n) is 10.2. The summed E-state index contributed by atoms with van der Waals surface area (Å²) >= 11 is 0. The van der Waals surface area contributed by atoms with E-state index in [9.17, 15) is 5.11 Å². The summed E-state index contributed by atoms with van der Waals surface area (Å²) in [5.41, 5.74) is 3.19. The highest BCUT2D eigenvalue weighted by atomic mass is 16.5. The van der Waals surface area contributed by atoms with Crippen LogP contribution < -0.4 is 0 Å². The van der Waals surface area contributed by atoms with Crippen LogP contribution in [0.5, 0.6) is 0 Å². The molecule has 0 heterocycles. The molecule has 0 saturated heterocycles. The second-order valence-electron chi connectivity index (χ2n) is 9.06. The standard InChI is InChI=1S/C22H34O2/c1-4-11-22-13-9-18-17-8-6-16(24-3)14-15(17)5-7-19(18)20(22)10-12-21(22,2)23/h6,18-20,23H,4-5,7-14H2,1-3H3/t18-,19-,20+,21+,22+/m1/s1. The van der Waals surface area contributed by atoms with E-state index in [4.69, 9.17) is 4.74 Å².